The molecule has 24 heavy (non-hydrogen) atoms. The van der Waals surface area contributed by atoms with Crippen LogP contribution < -0.4 is 16.0 Å². The number of guanidine groups is 1. The molecule has 7 heteroatoms. The number of aliphatic imine (C=N–C) groups is 1. The van der Waals surface area contributed by atoms with Gasteiger partial charge in [-0.05, 0) is 53.4 Å². The van der Waals surface area contributed by atoms with Crippen LogP contribution in [0.1, 0.15) is 67.2 Å². The number of alkyl carbamates (subject to hydrolysis) is 1. The lowest BCUT2D eigenvalue weighted by Gasteiger charge is -2.32. The Morgan fingerprint density at radius 3 is 2.17 bits per heavy atom. The third-order valence-electron chi connectivity index (χ3n) is 3.92. The highest BCUT2D eigenvalue weighted by atomic mass is 127. The van der Waals surface area contributed by atoms with Crippen molar-refractivity contribution in [1.82, 2.24) is 16.0 Å². The molecule has 1 rings (SSSR count). The fraction of sp³-hybridized carbons (Fsp3) is 0.882. The van der Waals surface area contributed by atoms with E-state index < -0.39 is 5.60 Å². The zero-order valence-corrected chi connectivity index (χ0v) is 18.3. The van der Waals surface area contributed by atoms with Crippen LogP contribution in [0.5, 0.6) is 0 Å². The minimum atomic E-state index is -0.497. The molecule has 0 atom stereocenters. The second kappa shape index (κ2) is 10.3. The molecule has 0 aromatic carbocycles. The normalized spacial score (nSPS) is 15.3. The van der Waals surface area contributed by atoms with Gasteiger partial charge in [0.05, 0.1) is 12.1 Å². The second-order valence-electron chi connectivity index (χ2n) is 7.23. The molecule has 0 aromatic heterocycles. The van der Waals surface area contributed by atoms with E-state index in [0.717, 1.165) is 25.3 Å². The standard InChI is InChI=1S/C17H34N4O2.HI/c1-7-17(8-2,21-15(22)23-16(4,5)6)12-19-14(18-9-3)20-13-10-11-13;/h13H,7-12H2,1-6H3,(H,21,22)(H2,18,19,20);1H. The van der Waals surface area contributed by atoms with Gasteiger partial charge < -0.3 is 20.7 Å². The number of hydrogen-bond acceptors (Lipinski definition) is 3. The van der Waals surface area contributed by atoms with Gasteiger partial charge in [0, 0.05) is 12.6 Å². The molecule has 6 nitrogen and oxygen atoms in total. The summed E-state index contributed by atoms with van der Waals surface area (Å²) in [6, 6.07) is 0.546. The largest absolute Gasteiger partial charge is 0.444 e. The number of carbonyl (C=O) groups is 1. The van der Waals surface area contributed by atoms with E-state index >= 15 is 0 Å². The van der Waals surface area contributed by atoms with Crippen molar-refractivity contribution in [3.8, 4) is 0 Å². The van der Waals surface area contributed by atoms with Crippen LogP contribution in [0.3, 0.4) is 0 Å². The van der Waals surface area contributed by atoms with E-state index in [1.54, 1.807) is 0 Å². The van der Waals surface area contributed by atoms with Gasteiger partial charge in [-0.3, -0.25) is 4.99 Å². The zero-order valence-electron chi connectivity index (χ0n) is 16.0. The summed E-state index contributed by atoms with van der Waals surface area (Å²) < 4.78 is 5.40. The first-order valence-electron chi connectivity index (χ1n) is 8.79. The Labute approximate surface area is 164 Å². The van der Waals surface area contributed by atoms with E-state index in [-0.39, 0.29) is 35.6 Å². The molecule has 0 heterocycles. The third-order valence-corrected chi connectivity index (χ3v) is 3.92. The lowest BCUT2D eigenvalue weighted by atomic mass is 9.93. The molecular formula is C17H35IN4O2. The average molecular weight is 454 g/mol. The second-order valence-corrected chi connectivity index (χ2v) is 7.23. The molecule has 0 unspecified atom stereocenters. The predicted molar refractivity (Wildman–Crippen MR) is 110 cm³/mol. The zero-order chi connectivity index (χ0) is 17.5. The minimum Gasteiger partial charge on any atom is -0.444 e. The van der Waals surface area contributed by atoms with Crippen LogP contribution in [0.2, 0.25) is 0 Å². The third kappa shape index (κ3) is 8.94. The molecule has 1 fully saturated rings. The fourth-order valence-corrected chi connectivity index (χ4v) is 2.18. The van der Waals surface area contributed by atoms with E-state index in [0.29, 0.717) is 12.6 Å². The van der Waals surface area contributed by atoms with Gasteiger partial charge in [0.1, 0.15) is 5.60 Å². The first-order valence-corrected chi connectivity index (χ1v) is 8.79. The highest BCUT2D eigenvalue weighted by Gasteiger charge is 2.31. The molecule has 0 saturated heterocycles. The van der Waals surface area contributed by atoms with Crippen molar-refractivity contribution in [2.45, 2.75) is 84.4 Å². The van der Waals surface area contributed by atoms with Crippen molar-refractivity contribution >= 4 is 36.0 Å². The van der Waals surface area contributed by atoms with E-state index in [2.05, 4.69) is 41.7 Å². The minimum absolute atomic E-state index is 0. The summed E-state index contributed by atoms with van der Waals surface area (Å²) >= 11 is 0. The van der Waals surface area contributed by atoms with Gasteiger partial charge in [0.2, 0.25) is 0 Å². The monoisotopic (exact) mass is 454 g/mol. The summed E-state index contributed by atoms with van der Waals surface area (Å²) in [5, 5.41) is 9.69. The van der Waals surface area contributed by atoms with Crippen molar-refractivity contribution in [2.75, 3.05) is 13.1 Å². The number of carbonyl (C=O) groups excluding carboxylic acids is 1. The molecule has 0 bridgehead atoms. The average Bonchev–Trinajstić information content (AvgIpc) is 3.25. The molecule has 142 valence electrons. The molecular weight excluding hydrogens is 419 g/mol. The van der Waals surface area contributed by atoms with Gasteiger partial charge in [-0.15, -0.1) is 24.0 Å². The summed E-state index contributed by atoms with van der Waals surface area (Å²) in [6.45, 7) is 13.1. The number of ether oxygens (including phenoxy) is 1. The molecule has 0 aliphatic heterocycles. The SMILES string of the molecule is CCNC(=NCC(CC)(CC)NC(=O)OC(C)(C)C)NC1CC1.I. The Morgan fingerprint density at radius 1 is 1.17 bits per heavy atom. The molecule has 1 amide bonds. The first-order chi connectivity index (χ1) is 10.7. The van der Waals surface area contributed by atoms with E-state index in [4.69, 9.17) is 4.74 Å². The van der Waals surface area contributed by atoms with E-state index in [9.17, 15) is 4.79 Å². The molecule has 0 spiro atoms. The van der Waals surface area contributed by atoms with Crippen LogP contribution in [-0.4, -0.2) is 42.3 Å². The number of halogens is 1. The summed E-state index contributed by atoms with van der Waals surface area (Å²) in [5.74, 6) is 0.826. The van der Waals surface area contributed by atoms with Gasteiger partial charge in [-0.1, -0.05) is 13.8 Å². The lowest BCUT2D eigenvalue weighted by Crippen LogP contribution is -2.52. The highest BCUT2D eigenvalue weighted by molar-refractivity contribution is 14.0. The van der Waals surface area contributed by atoms with Crippen LogP contribution in [0.4, 0.5) is 4.79 Å². The summed E-state index contributed by atoms with van der Waals surface area (Å²) in [5.41, 5.74) is -0.878. The number of nitrogens with one attached hydrogen (secondary N) is 3. The Kier molecular flexibility index (Phi) is 9.99. The molecule has 1 aliphatic carbocycles. The quantitative estimate of drug-likeness (QED) is 0.313. The number of rotatable bonds is 7. The molecule has 1 aliphatic rings. The van der Waals surface area contributed by atoms with Crippen molar-refractivity contribution < 1.29 is 9.53 Å². The van der Waals surface area contributed by atoms with E-state index in [1.165, 1.54) is 12.8 Å². The maximum Gasteiger partial charge on any atom is 0.408 e. The topological polar surface area (TPSA) is 74.8 Å². The maximum absolute atomic E-state index is 12.1. The Hall–Kier alpha value is -0.730. The number of amides is 1. The Bertz CT molecular complexity index is 413. The van der Waals surface area contributed by atoms with Crippen LogP contribution in [-0.2, 0) is 4.74 Å². The predicted octanol–water partition coefficient (Wildman–Crippen LogP) is 3.41. The first kappa shape index (κ1) is 23.3. The summed E-state index contributed by atoms with van der Waals surface area (Å²) in [4.78, 5) is 16.8. The van der Waals surface area contributed by atoms with Crippen molar-refractivity contribution in [3.63, 3.8) is 0 Å². The van der Waals surface area contributed by atoms with Crippen LogP contribution in [0, 0.1) is 0 Å². The van der Waals surface area contributed by atoms with Gasteiger partial charge in [-0.2, -0.15) is 0 Å². The molecule has 0 radical (unpaired) electrons. The van der Waals surface area contributed by atoms with Gasteiger partial charge >= 0.3 is 6.09 Å². The van der Waals surface area contributed by atoms with Crippen LogP contribution in [0.25, 0.3) is 0 Å². The summed E-state index contributed by atoms with van der Waals surface area (Å²) in [7, 11) is 0. The Morgan fingerprint density at radius 2 is 1.75 bits per heavy atom. The van der Waals surface area contributed by atoms with Crippen LogP contribution >= 0.6 is 24.0 Å². The smallest absolute Gasteiger partial charge is 0.408 e. The Balaban J connectivity index is 0.00000529. The van der Waals surface area contributed by atoms with Gasteiger partial charge in [0.15, 0.2) is 5.96 Å². The molecule has 1 saturated carbocycles. The lowest BCUT2D eigenvalue weighted by molar-refractivity contribution is 0.0452. The highest BCUT2D eigenvalue weighted by Crippen LogP contribution is 2.20. The molecule has 0 aromatic rings. The molecule has 3 N–H and O–H groups in total. The van der Waals surface area contributed by atoms with Gasteiger partial charge in [0.25, 0.3) is 0 Å². The van der Waals surface area contributed by atoms with E-state index in [1.807, 2.05) is 20.8 Å². The maximum atomic E-state index is 12.1. The van der Waals surface area contributed by atoms with Crippen molar-refractivity contribution in [2.24, 2.45) is 4.99 Å². The van der Waals surface area contributed by atoms with Crippen molar-refractivity contribution in [3.05, 3.63) is 0 Å². The summed E-state index contributed by atoms with van der Waals surface area (Å²) in [6.07, 6.45) is 3.63. The van der Waals surface area contributed by atoms with Gasteiger partial charge in [-0.25, -0.2) is 4.79 Å². The van der Waals surface area contributed by atoms with Crippen molar-refractivity contribution in [1.29, 1.82) is 0 Å². The fourth-order valence-electron chi connectivity index (χ4n) is 2.18. The van der Waals surface area contributed by atoms with Crippen LogP contribution in [0.15, 0.2) is 4.99 Å². The number of nitrogens with zero attached hydrogens (tertiary/aromatic N) is 1. The number of hydrogen-bond donors (Lipinski definition) is 3.